The Labute approximate surface area is 123 Å². The van der Waals surface area contributed by atoms with E-state index in [9.17, 15) is 9.90 Å². The maximum atomic E-state index is 12.1. The van der Waals surface area contributed by atoms with Crippen molar-refractivity contribution in [2.24, 2.45) is 7.05 Å². The third kappa shape index (κ3) is 3.09. The number of ether oxygens (including phenoxy) is 1. The Hall–Kier alpha value is -1.44. The number of aliphatic hydroxyl groups is 1. The molecule has 1 aromatic heterocycles. The van der Waals surface area contributed by atoms with Gasteiger partial charge in [-0.1, -0.05) is 0 Å². The van der Waals surface area contributed by atoms with Gasteiger partial charge in [0, 0.05) is 32.4 Å². The fourth-order valence-corrected chi connectivity index (χ4v) is 3.22. The molecule has 3 atom stereocenters. The van der Waals surface area contributed by atoms with Crippen LogP contribution in [0, 0.1) is 0 Å². The average Bonchev–Trinajstić information content (AvgIpc) is 3.07. The third-order valence-electron chi connectivity index (χ3n) is 4.38. The Bertz CT molecular complexity index is 498. The number of rotatable bonds is 3. The van der Waals surface area contributed by atoms with Crippen LogP contribution in [0.25, 0.3) is 0 Å². The largest absolute Gasteiger partial charge is 0.389 e. The maximum Gasteiger partial charge on any atom is 0.254 e. The maximum absolute atomic E-state index is 12.1. The van der Waals surface area contributed by atoms with Gasteiger partial charge < -0.3 is 15.2 Å². The van der Waals surface area contributed by atoms with Gasteiger partial charge in [0.1, 0.15) is 0 Å². The van der Waals surface area contributed by atoms with Gasteiger partial charge in [0.2, 0.25) is 0 Å². The summed E-state index contributed by atoms with van der Waals surface area (Å²) in [5, 5.41) is 17.4. The Morgan fingerprint density at radius 2 is 2.19 bits per heavy atom. The summed E-state index contributed by atoms with van der Waals surface area (Å²) >= 11 is 0. The lowest BCUT2D eigenvalue weighted by atomic mass is 10.1. The second-order valence-electron chi connectivity index (χ2n) is 5.77. The number of aryl methyl sites for hydroxylation is 1. The molecule has 7 heteroatoms. The van der Waals surface area contributed by atoms with Gasteiger partial charge >= 0.3 is 0 Å². The summed E-state index contributed by atoms with van der Waals surface area (Å²) in [6.45, 7) is 3.14. The van der Waals surface area contributed by atoms with Crippen molar-refractivity contribution in [2.45, 2.75) is 31.0 Å². The van der Waals surface area contributed by atoms with Crippen molar-refractivity contribution in [3.05, 3.63) is 18.0 Å². The number of carbonyl (C=O) groups is 1. The summed E-state index contributed by atoms with van der Waals surface area (Å²) in [5.74, 6) is -0.172. The van der Waals surface area contributed by atoms with Crippen molar-refractivity contribution in [1.82, 2.24) is 20.0 Å². The number of nitrogens with one attached hydrogen (secondary N) is 1. The predicted molar refractivity (Wildman–Crippen MR) is 75.9 cm³/mol. The van der Waals surface area contributed by atoms with Gasteiger partial charge in [0.15, 0.2) is 0 Å². The van der Waals surface area contributed by atoms with E-state index in [1.807, 2.05) is 0 Å². The first-order valence-electron chi connectivity index (χ1n) is 7.44. The topological polar surface area (TPSA) is 79.6 Å². The van der Waals surface area contributed by atoms with Crippen molar-refractivity contribution in [3.63, 3.8) is 0 Å². The number of hydrogen-bond donors (Lipinski definition) is 2. The Morgan fingerprint density at radius 1 is 1.43 bits per heavy atom. The normalized spacial score (nSPS) is 30.5. The minimum atomic E-state index is -0.524. The molecule has 0 bridgehead atoms. The minimum Gasteiger partial charge on any atom is -0.389 e. The number of aromatic nitrogens is 2. The molecule has 0 spiro atoms. The average molecular weight is 294 g/mol. The lowest BCUT2D eigenvalue weighted by Gasteiger charge is -2.34. The highest BCUT2D eigenvalue weighted by Gasteiger charge is 2.39. The summed E-state index contributed by atoms with van der Waals surface area (Å²) in [6, 6.07) is -0.0707. The highest BCUT2D eigenvalue weighted by molar-refractivity contribution is 5.93. The van der Waals surface area contributed by atoms with Gasteiger partial charge in [-0.05, 0) is 12.8 Å². The second kappa shape index (κ2) is 6.13. The number of amides is 1. The van der Waals surface area contributed by atoms with Crippen LogP contribution in [0.4, 0.5) is 0 Å². The lowest BCUT2D eigenvalue weighted by Crippen LogP contribution is -2.51. The van der Waals surface area contributed by atoms with Crippen LogP contribution in [0.15, 0.2) is 12.4 Å². The molecule has 1 aliphatic carbocycles. The lowest BCUT2D eigenvalue weighted by molar-refractivity contribution is -0.0154. The van der Waals surface area contributed by atoms with Crippen LogP contribution in [-0.2, 0) is 11.8 Å². The summed E-state index contributed by atoms with van der Waals surface area (Å²) < 4.78 is 6.94. The zero-order valence-corrected chi connectivity index (χ0v) is 12.2. The van der Waals surface area contributed by atoms with Gasteiger partial charge in [-0.25, -0.2) is 0 Å². The van der Waals surface area contributed by atoms with Crippen LogP contribution in [0.1, 0.15) is 23.2 Å². The molecule has 2 aliphatic rings. The first-order valence-corrected chi connectivity index (χ1v) is 7.44. The predicted octanol–water partition coefficient (Wildman–Crippen LogP) is -0.626. The summed E-state index contributed by atoms with van der Waals surface area (Å²) in [6.07, 6.45) is 4.39. The quantitative estimate of drug-likeness (QED) is 0.776. The molecule has 1 aliphatic heterocycles. The molecule has 1 saturated carbocycles. The smallest absolute Gasteiger partial charge is 0.254 e. The van der Waals surface area contributed by atoms with Crippen molar-refractivity contribution < 1.29 is 14.6 Å². The van der Waals surface area contributed by atoms with E-state index in [4.69, 9.17) is 4.74 Å². The van der Waals surface area contributed by atoms with Crippen molar-refractivity contribution in [1.29, 1.82) is 0 Å². The molecule has 0 radical (unpaired) electrons. The number of hydrogen-bond acceptors (Lipinski definition) is 5. The van der Waals surface area contributed by atoms with Crippen molar-refractivity contribution >= 4 is 5.91 Å². The Balaban J connectivity index is 1.58. The summed E-state index contributed by atoms with van der Waals surface area (Å²) in [4.78, 5) is 14.4. The highest BCUT2D eigenvalue weighted by Crippen LogP contribution is 2.25. The SMILES string of the molecule is Cn1cc(C(=O)N[C@@H]2CC[C@@H](N3CCOCC3)[C@@H]2O)cn1. The first-order chi connectivity index (χ1) is 10.1. The van der Waals surface area contributed by atoms with Crippen LogP contribution in [0.2, 0.25) is 0 Å². The van der Waals surface area contributed by atoms with Gasteiger partial charge in [0.25, 0.3) is 5.91 Å². The minimum absolute atomic E-state index is 0.119. The fraction of sp³-hybridized carbons (Fsp3) is 0.714. The van der Waals surface area contributed by atoms with E-state index in [0.717, 1.165) is 39.1 Å². The molecular weight excluding hydrogens is 272 g/mol. The number of nitrogens with zero attached hydrogens (tertiary/aromatic N) is 3. The van der Waals surface area contributed by atoms with E-state index in [1.54, 1.807) is 17.9 Å². The van der Waals surface area contributed by atoms with Crippen LogP contribution >= 0.6 is 0 Å². The zero-order valence-electron chi connectivity index (χ0n) is 12.2. The molecule has 2 heterocycles. The van der Waals surface area contributed by atoms with E-state index < -0.39 is 6.10 Å². The van der Waals surface area contributed by atoms with Crippen LogP contribution in [0.5, 0.6) is 0 Å². The van der Waals surface area contributed by atoms with E-state index in [1.165, 1.54) is 6.20 Å². The summed E-state index contributed by atoms with van der Waals surface area (Å²) in [7, 11) is 1.77. The number of aliphatic hydroxyl groups excluding tert-OH is 1. The van der Waals surface area contributed by atoms with E-state index in [-0.39, 0.29) is 18.0 Å². The van der Waals surface area contributed by atoms with Gasteiger partial charge in [-0.2, -0.15) is 5.10 Å². The first kappa shape index (κ1) is 14.5. The van der Waals surface area contributed by atoms with Crippen LogP contribution in [0.3, 0.4) is 0 Å². The number of carbonyl (C=O) groups excluding carboxylic acids is 1. The van der Waals surface area contributed by atoms with E-state index in [2.05, 4.69) is 15.3 Å². The monoisotopic (exact) mass is 294 g/mol. The standard InChI is InChI=1S/C14H22N4O3/c1-17-9-10(8-15-17)14(20)16-11-2-3-12(13(11)19)18-4-6-21-7-5-18/h8-9,11-13,19H,2-7H2,1H3,(H,16,20)/t11-,12-,13-/m1/s1. The molecule has 116 valence electrons. The second-order valence-corrected chi connectivity index (χ2v) is 5.77. The zero-order chi connectivity index (χ0) is 14.8. The molecule has 0 unspecified atom stereocenters. The number of morpholine rings is 1. The Morgan fingerprint density at radius 3 is 2.86 bits per heavy atom. The van der Waals surface area contributed by atoms with E-state index >= 15 is 0 Å². The van der Waals surface area contributed by atoms with Crippen molar-refractivity contribution in [3.8, 4) is 0 Å². The molecule has 3 rings (SSSR count). The summed E-state index contributed by atoms with van der Waals surface area (Å²) in [5.41, 5.74) is 0.527. The molecule has 1 aromatic rings. The van der Waals surface area contributed by atoms with Crippen LogP contribution in [-0.4, -0.2) is 70.2 Å². The van der Waals surface area contributed by atoms with Crippen LogP contribution < -0.4 is 5.32 Å². The van der Waals surface area contributed by atoms with Crippen molar-refractivity contribution in [2.75, 3.05) is 26.3 Å². The Kier molecular flexibility index (Phi) is 4.23. The third-order valence-corrected chi connectivity index (χ3v) is 4.38. The molecule has 21 heavy (non-hydrogen) atoms. The molecule has 7 nitrogen and oxygen atoms in total. The molecule has 1 amide bonds. The van der Waals surface area contributed by atoms with Gasteiger partial charge in [-0.3, -0.25) is 14.4 Å². The molecule has 1 saturated heterocycles. The molecular formula is C14H22N4O3. The van der Waals surface area contributed by atoms with E-state index in [0.29, 0.717) is 5.56 Å². The molecule has 2 N–H and O–H groups in total. The van der Waals surface area contributed by atoms with Gasteiger partial charge in [0.05, 0.1) is 37.1 Å². The highest BCUT2D eigenvalue weighted by atomic mass is 16.5. The molecule has 2 fully saturated rings. The fourth-order valence-electron chi connectivity index (χ4n) is 3.22. The van der Waals surface area contributed by atoms with Gasteiger partial charge in [-0.15, -0.1) is 0 Å². The molecule has 0 aromatic carbocycles.